The van der Waals surface area contributed by atoms with Gasteiger partial charge in [0.1, 0.15) is 14.9 Å². The second kappa shape index (κ2) is 6.63. The average Bonchev–Trinajstić information content (AvgIpc) is 2.98. The smallest absolute Gasteiger partial charge is 0.260 e. The lowest BCUT2D eigenvalue weighted by Crippen LogP contribution is -2.08. The molecule has 0 saturated carbocycles. The molecule has 3 nitrogen and oxygen atoms in total. The van der Waals surface area contributed by atoms with Crippen molar-refractivity contribution in [3.8, 4) is 28.0 Å². The molecule has 4 aromatic rings. The normalized spacial score (nSPS) is 11.2. The van der Waals surface area contributed by atoms with E-state index in [-0.39, 0.29) is 16.9 Å². The van der Waals surface area contributed by atoms with Crippen LogP contribution in [0.2, 0.25) is 4.34 Å². The van der Waals surface area contributed by atoms with Gasteiger partial charge in [-0.2, -0.15) is 0 Å². The number of halogens is 1. The molecule has 4 rings (SSSR count). The Balaban J connectivity index is 2.03. The quantitative estimate of drug-likeness (QED) is 0.468. The van der Waals surface area contributed by atoms with Crippen LogP contribution >= 0.6 is 22.9 Å². The van der Waals surface area contributed by atoms with Crippen LogP contribution in [0, 0.1) is 0 Å². The number of aryl methyl sites for hydroxylation is 1. The number of hydrogen-bond donors (Lipinski definition) is 2. The zero-order valence-electron chi connectivity index (χ0n) is 14.0. The minimum absolute atomic E-state index is 0.0346. The van der Waals surface area contributed by atoms with Crippen LogP contribution in [0.15, 0.2) is 59.4 Å². The SMILES string of the molecule is CCc1ccc(-c2c(Cl)sc3[nH]c(=O)c(-c4ccccc4)c(O)c23)cc1. The van der Waals surface area contributed by atoms with E-state index in [4.69, 9.17) is 11.6 Å². The summed E-state index contributed by atoms with van der Waals surface area (Å²) in [5.41, 5.74) is 3.50. The lowest BCUT2D eigenvalue weighted by Gasteiger charge is -2.08. The number of rotatable bonds is 3. The summed E-state index contributed by atoms with van der Waals surface area (Å²) in [5.74, 6) is -0.0346. The molecule has 0 unspecified atom stereocenters. The molecule has 0 amide bonds. The van der Waals surface area contributed by atoms with Crippen LogP contribution < -0.4 is 5.56 Å². The maximum Gasteiger partial charge on any atom is 0.260 e. The monoisotopic (exact) mass is 381 g/mol. The molecule has 0 aliphatic heterocycles. The molecule has 0 atom stereocenters. The minimum atomic E-state index is -0.327. The zero-order valence-corrected chi connectivity index (χ0v) is 15.6. The van der Waals surface area contributed by atoms with Gasteiger partial charge in [-0.3, -0.25) is 4.79 Å². The van der Waals surface area contributed by atoms with Gasteiger partial charge in [0.05, 0.1) is 10.9 Å². The third kappa shape index (κ3) is 2.71. The van der Waals surface area contributed by atoms with E-state index in [0.717, 1.165) is 17.5 Å². The number of H-pyrrole nitrogens is 1. The molecule has 0 fully saturated rings. The van der Waals surface area contributed by atoms with Gasteiger partial charge in [-0.1, -0.05) is 73.1 Å². The highest BCUT2D eigenvalue weighted by atomic mass is 35.5. The highest BCUT2D eigenvalue weighted by Gasteiger charge is 2.21. The first-order chi connectivity index (χ1) is 12.6. The Morgan fingerprint density at radius 1 is 1.00 bits per heavy atom. The molecule has 5 heteroatoms. The fourth-order valence-corrected chi connectivity index (χ4v) is 4.53. The molecule has 0 aliphatic carbocycles. The summed E-state index contributed by atoms with van der Waals surface area (Å²) in [7, 11) is 0. The van der Waals surface area contributed by atoms with Crippen molar-refractivity contribution in [1.29, 1.82) is 0 Å². The van der Waals surface area contributed by atoms with E-state index in [1.165, 1.54) is 16.9 Å². The number of hydrogen-bond acceptors (Lipinski definition) is 3. The average molecular weight is 382 g/mol. The van der Waals surface area contributed by atoms with Crippen LogP contribution in [0.25, 0.3) is 32.5 Å². The van der Waals surface area contributed by atoms with Gasteiger partial charge in [0.2, 0.25) is 0 Å². The number of fused-ring (bicyclic) bond motifs is 1. The largest absolute Gasteiger partial charge is 0.506 e. The van der Waals surface area contributed by atoms with Crippen molar-refractivity contribution < 1.29 is 5.11 Å². The summed E-state index contributed by atoms with van der Waals surface area (Å²) >= 11 is 7.75. The van der Waals surface area contributed by atoms with Gasteiger partial charge in [-0.05, 0) is 23.1 Å². The Labute approximate surface area is 159 Å². The molecule has 2 aromatic carbocycles. The van der Waals surface area contributed by atoms with E-state index >= 15 is 0 Å². The molecule has 0 bridgehead atoms. The van der Waals surface area contributed by atoms with Crippen molar-refractivity contribution in [1.82, 2.24) is 4.98 Å². The molecule has 0 aliphatic rings. The number of nitrogens with one attached hydrogen (secondary N) is 1. The first kappa shape index (κ1) is 16.9. The second-order valence-corrected chi connectivity index (χ2v) is 7.67. The molecule has 26 heavy (non-hydrogen) atoms. The fraction of sp³-hybridized carbons (Fsp3) is 0.0952. The van der Waals surface area contributed by atoms with Crippen LogP contribution in [0.1, 0.15) is 12.5 Å². The summed E-state index contributed by atoms with van der Waals surface area (Å²) in [6.45, 7) is 2.10. The predicted molar refractivity (Wildman–Crippen MR) is 109 cm³/mol. The van der Waals surface area contributed by atoms with Gasteiger partial charge >= 0.3 is 0 Å². The second-order valence-electron chi connectivity index (χ2n) is 6.05. The van der Waals surface area contributed by atoms with Gasteiger partial charge in [-0.25, -0.2) is 0 Å². The van der Waals surface area contributed by atoms with Gasteiger partial charge in [-0.15, -0.1) is 11.3 Å². The molecular formula is C21H16ClNO2S. The Kier molecular flexibility index (Phi) is 4.31. The summed E-state index contributed by atoms with van der Waals surface area (Å²) in [6, 6.07) is 17.3. The van der Waals surface area contributed by atoms with E-state index in [2.05, 4.69) is 24.0 Å². The van der Waals surface area contributed by atoms with Crippen molar-refractivity contribution in [3.63, 3.8) is 0 Å². The number of aromatic hydroxyl groups is 1. The fourth-order valence-electron chi connectivity index (χ4n) is 3.15. The van der Waals surface area contributed by atoms with E-state index in [1.54, 1.807) is 12.1 Å². The van der Waals surface area contributed by atoms with Crippen LogP contribution in [0.4, 0.5) is 0 Å². The summed E-state index contributed by atoms with van der Waals surface area (Å²) < 4.78 is 0.542. The molecule has 2 heterocycles. The van der Waals surface area contributed by atoms with Crippen LogP contribution in [0.3, 0.4) is 0 Å². The highest BCUT2D eigenvalue weighted by molar-refractivity contribution is 7.23. The molecule has 2 N–H and O–H groups in total. The van der Waals surface area contributed by atoms with Crippen LogP contribution in [-0.4, -0.2) is 10.1 Å². The summed E-state index contributed by atoms with van der Waals surface area (Å²) in [6.07, 6.45) is 0.953. The molecule has 2 aromatic heterocycles. The molecule has 130 valence electrons. The minimum Gasteiger partial charge on any atom is -0.506 e. The molecular weight excluding hydrogens is 366 g/mol. The van der Waals surface area contributed by atoms with E-state index in [9.17, 15) is 9.90 Å². The summed E-state index contributed by atoms with van der Waals surface area (Å²) in [4.78, 5) is 16.0. The van der Waals surface area contributed by atoms with Crippen molar-refractivity contribution in [2.45, 2.75) is 13.3 Å². The third-order valence-electron chi connectivity index (χ3n) is 4.51. The Hall–Kier alpha value is -2.56. The van der Waals surface area contributed by atoms with Crippen molar-refractivity contribution in [3.05, 3.63) is 74.9 Å². The van der Waals surface area contributed by atoms with E-state index in [1.807, 2.05) is 30.3 Å². The van der Waals surface area contributed by atoms with Crippen LogP contribution in [-0.2, 0) is 6.42 Å². The first-order valence-corrected chi connectivity index (χ1v) is 9.51. The number of aromatic amines is 1. The zero-order chi connectivity index (χ0) is 18.3. The number of benzene rings is 2. The van der Waals surface area contributed by atoms with Crippen molar-refractivity contribution in [2.75, 3.05) is 0 Å². The summed E-state index contributed by atoms with van der Waals surface area (Å²) in [5, 5.41) is 11.6. The standard InChI is InChI=1S/C21H16ClNO2S/c1-2-12-8-10-14(11-9-12)15-17-18(24)16(13-6-4-3-5-7-13)20(25)23-21(17)26-19(15)22/h3-11H,2H2,1H3,(H2,23,24,25). The third-order valence-corrected chi connectivity index (χ3v) is 5.82. The Bertz CT molecular complexity index is 1140. The highest BCUT2D eigenvalue weighted by Crippen LogP contribution is 2.46. The van der Waals surface area contributed by atoms with Gasteiger partial charge in [0.25, 0.3) is 5.56 Å². The van der Waals surface area contributed by atoms with E-state index < -0.39 is 0 Å². The van der Waals surface area contributed by atoms with Gasteiger partial charge in [0.15, 0.2) is 0 Å². The van der Waals surface area contributed by atoms with Gasteiger partial charge in [0, 0.05) is 5.56 Å². The first-order valence-electron chi connectivity index (χ1n) is 8.32. The lowest BCUT2D eigenvalue weighted by atomic mass is 9.99. The van der Waals surface area contributed by atoms with Crippen molar-refractivity contribution >= 4 is 33.2 Å². The number of aromatic nitrogens is 1. The van der Waals surface area contributed by atoms with Gasteiger partial charge < -0.3 is 10.1 Å². The molecule has 0 spiro atoms. The van der Waals surface area contributed by atoms with E-state index in [0.29, 0.717) is 20.1 Å². The maximum absolute atomic E-state index is 12.5. The number of thiophene rings is 1. The molecule has 0 saturated heterocycles. The van der Waals surface area contributed by atoms with Crippen LogP contribution in [0.5, 0.6) is 5.75 Å². The molecule has 0 radical (unpaired) electrons. The predicted octanol–water partition coefficient (Wildman–Crippen LogP) is 5.85. The van der Waals surface area contributed by atoms with Crippen molar-refractivity contribution in [2.24, 2.45) is 0 Å². The Morgan fingerprint density at radius 3 is 2.31 bits per heavy atom. The maximum atomic E-state index is 12.5. The Morgan fingerprint density at radius 2 is 1.65 bits per heavy atom. The lowest BCUT2D eigenvalue weighted by molar-refractivity contribution is 0.483. The topological polar surface area (TPSA) is 53.1 Å². The number of pyridine rings is 1.